The van der Waals surface area contributed by atoms with Crippen LogP contribution in [0, 0.1) is 0 Å². The van der Waals surface area contributed by atoms with Gasteiger partial charge in [0.1, 0.15) is 6.61 Å². The molecule has 0 heterocycles. The second-order valence-corrected chi connectivity index (χ2v) is 15.2. The summed E-state index contributed by atoms with van der Waals surface area (Å²) in [4.78, 5) is 42.8. The first-order valence-electron chi connectivity index (χ1n) is 20.1. The van der Waals surface area contributed by atoms with Crippen LogP contribution in [0.5, 0.6) is 0 Å². The van der Waals surface area contributed by atoms with Gasteiger partial charge in [0, 0.05) is 12.8 Å². The van der Waals surface area contributed by atoms with E-state index in [4.69, 9.17) is 19.3 Å². The number of hydrogen-bond donors (Lipinski definition) is 4. The van der Waals surface area contributed by atoms with Crippen molar-refractivity contribution in [2.24, 2.45) is 0 Å². The zero-order valence-corrected chi connectivity index (χ0v) is 32.7. The Balaban J connectivity index is 4.04. The van der Waals surface area contributed by atoms with Crippen molar-refractivity contribution >= 4 is 19.8 Å². The quantitative estimate of drug-likeness (QED) is 0.0209. The molecule has 0 aliphatic carbocycles. The number of phosphoric ester groups is 1. The first-order valence-corrected chi connectivity index (χ1v) is 21.7. The maximum atomic E-state index is 12.4. The van der Waals surface area contributed by atoms with E-state index in [0.29, 0.717) is 25.7 Å². The standard InChI is InChI=1S/C39H75O10P/c1-3-5-7-9-11-12-13-14-15-16-17-18-19-23-27-31-38(42)47-33-35(34-48-50(44,45)46)49-39(43)32-28-24-20-22-26-30-37(41)36(40)29-25-21-10-8-6-4-2/h21,25,35-37,40-41H,3-20,22-24,26-34H2,1-2H3,(H2,44,45,46)/b25-21-/t35-,36+,37+/m1/s1. The van der Waals surface area contributed by atoms with Gasteiger partial charge < -0.3 is 29.5 Å². The average Bonchev–Trinajstić information content (AvgIpc) is 3.08. The fourth-order valence-electron chi connectivity index (χ4n) is 5.81. The molecule has 0 aromatic rings. The summed E-state index contributed by atoms with van der Waals surface area (Å²) in [5.41, 5.74) is 0. The van der Waals surface area contributed by atoms with Crippen molar-refractivity contribution in [1.29, 1.82) is 0 Å². The fourth-order valence-corrected chi connectivity index (χ4v) is 6.17. The van der Waals surface area contributed by atoms with Gasteiger partial charge in [-0.15, -0.1) is 0 Å². The molecule has 50 heavy (non-hydrogen) atoms. The van der Waals surface area contributed by atoms with Crippen LogP contribution >= 0.6 is 7.82 Å². The maximum Gasteiger partial charge on any atom is 0.469 e. The van der Waals surface area contributed by atoms with Gasteiger partial charge in [-0.3, -0.25) is 14.1 Å². The number of aliphatic hydroxyl groups excluding tert-OH is 2. The summed E-state index contributed by atoms with van der Waals surface area (Å²) in [6, 6.07) is 0. The van der Waals surface area contributed by atoms with Crippen LogP contribution in [0.25, 0.3) is 0 Å². The maximum absolute atomic E-state index is 12.4. The molecule has 0 bridgehead atoms. The smallest absolute Gasteiger partial charge is 0.462 e. The van der Waals surface area contributed by atoms with Gasteiger partial charge in [0.15, 0.2) is 6.10 Å². The van der Waals surface area contributed by atoms with Crippen molar-refractivity contribution in [3.05, 3.63) is 12.2 Å². The molecular weight excluding hydrogens is 659 g/mol. The molecule has 0 aliphatic rings. The Hall–Kier alpha value is -1.29. The number of carbonyl (C=O) groups is 2. The van der Waals surface area contributed by atoms with Crippen LogP contribution in [0.2, 0.25) is 0 Å². The molecule has 0 unspecified atom stereocenters. The normalized spacial score (nSPS) is 13.8. The zero-order chi connectivity index (χ0) is 37.1. The number of ether oxygens (including phenoxy) is 2. The van der Waals surface area contributed by atoms with Crippen LogP contribution in [0.15, 0.2) is 12.2 Å². The van der Waals surface area contributed by atoms with Gasteiger partial charge in [0.2, 0.25) is 0 Å². The Morgan fingerprint density at radius 3 is 1.56 bits per heavy atom. The first-order chi connectivity index (χ1) is 24.1. The number of hydrogen-bond acceptors (Lipinski definition) is 8. The monoisotopic (exact) mass is 735 g/mol. The van der Waals surface area contributed by atoms with E-state index in [1.165, 1.54) is 83.5 Å². The lowest BCUT2D eigenvalue weighted by atomic mass is 10.0. The Labute approximate surface area is 304 Å². The van der Waals surface area contributed by atoms with E-state index < -0.39 is 44.7 Å². The van der Waals surface area contributed by atoms with Crippen molar-refractivity contribution in [1.82, 2.24) is 0 Å². The highest BCUT2D eigenvalue weighted by Gasteiger charge is 2.23. The fraction of sp³-hybridized carbons (Fsp3) is 0.897. The van der Waals surface area contributed by atoms with Gasteiger partial charge in [-0.2, -0.15) is 0 Å². The Morgan fingerprint density at radius 1 is 0.580 bits per heavy atom. The number of unbranched alkanes of at least 4 members (excludes halogenated alkanes) is 21. The Bertz CT molecular complexity index is 862. The van der Waals surface area contributed by atoms with E-state index in [-0.39, 0.29) is 19.4 Å². The van der Waals surface area contributed by atoms with Crippen LogP contribution in [0.1, 0.15) is 194 Å². The topological polar surface area (TPSA) is 160 Å². The van der Waals surface area contributed by atoms with Crippen LogP contribution in [-0.2, 0) is 28.2 Å². The van der Waals surface area contributed by atoms with E-state index in [1.807, 2.05) is 6.08 Å². The van der Waals surface area contributed by atoms with Crippen molar-refractivity contribution in [2.45, 2.75) is 212 Å². The van der Waals surface area contributed by atoms with E-state index in [2.05, 4.69) is 24.4 Å². The minimum absolute atomic E-state index is 0.116. The van der Waals surface area contributed by atoms with Gasteiger partial charge in [0.05, 0.1) is 18.8 Å². The van der Waals surface area contributed by atoms with E-state index in [9.17, 15) is 24.4 Å². The third-order valence-electron chi connectivity index (χ3n) is 8.98. The Kier molecular flexibility index (Phi) is 33.9. The van der Waals surface area contributed by atoms with Gasteiger partial charge in [-0.1, -0.05) is 154 Å². The zero-order valence-electron chi connectivity index (χ0n) is 31.8. The summed E-state index contributed by atoms with van der Waals surface area (Å²) >= 11 is 0. The van der Waals surface area contributed by atoms with Crippen LogP contribution in [0.4, 0.5) is 0 Å². The number of allylic oxidation sites excluding steroid dienone is 1. The SMILES string of the molecule is CCCCC/C=C\C[C@H](O)[C@@H](O)CCCCCCCC(=O)O[C@H](COC(=O)CCCCCCCCCCCCCCCCC)COP(=O)(O)O. The number of phosphoric acid groups is 1. The van der Waals surface area contributed by atoms with Gasteiger partial charge in [-0.05, 0) is 38.5 Å². The highest BCUT2D eigenvalue weighted by Crippen LogP contribution is 2.36. The molecule has 0 spiro atoms. The number of esters is 2. The largest absolute Gasteiger partial charge is 0.469 e. The summed E-state index contributed by atoms with van der Waals surface area (Å²) in [7, 11) is -4.79. The molecule has 296 valence electrons. The second kappa shape index (κ2) is 34.8. The molecule has 0 aliphatic heterocycles. The lowest BCUT2D eigenvalue weighted by Crippen LogP contribution is -2.29. The van der Waals surface area contributed by atoms with Crippen molar-refractivity contribution in [3.8, 4) is 0 Å². The van der Waals surface area contributed by atoms with Gasteiger partial charge in [-0.25, -0.2) is 4.57 Å². The Morgan fingerprint density at radius 2 is 1.04 bits per heavy atom. The molecule has 0 fully saturated rings. The van der Waals surface area contributed by atoms with Crippen molar-refractivity contribution in [3.63, 3.8) is 0 Å². The van der Waals surface area contributed by atoms with E-state index in [1.54, 1.807) is 0 Å². The molecule has 0 rings (SSSR count). The molecule has 11 heteroatoms. The minimum Gasteiger partial charge on any atom is -0.462 e. The van der Waals surface area contributed by atoms with Gasteiger partial charge in [0.25, 0.3) is 0 Å². The predicted octanol–water partition coefficient (Wildman–Crippen LogP) is 9.79. The van der Waals surface area contributed by atoms with Crippen molar-refractivity contribution in [2.75, 3.05) is 13.2 Å². The molecule has 3 atom stereocenters. The lowest BCUT2D eigenvalue weighted by Gasteiger charge is -2.18. The third kappa shape index (κ3) is 35.1. The highest BCUT2D eigenvalue weighted by atomic mass is 31.2. The molecule has 0 aromatic heterocycles. The number of carbonyl (C=O) groups excluding carboxylic acids is 2. The molecule has 0 radical (unpaired) electrons. The molecule has 0 saturated heterocycles. The molecule has 10 nitrogen and oxygen atoms in total. The number of rotatable bonds is 37. The third-order valence-corrected chi connectivity index (χ3v) is 9.47. The van der Waals surface area contributed by atoms with Crippen LogP contribution < -0.4 is 0 Å². The van der Waals surface area contributed by atoms with Crippen molar-refractivity contribution < 1.29 is 48.2 Å². The van der Waals surface area contributed by atoms with Gasteiger partial charge >= 0.3 is 19.8 Å². The molecule has 4 N–H and O–H groups in total. The average molecular weight is 735 g/mol. The van der Waals surface area contributed by atoms with Crippen LogP contribution in [0.3, 0.4) is 0 Å². The predicted molar refractivity (Wildman–Crippen MR) is 201 cm³/mol. The summed E-state index contributed by atoms with van der Waals surface area (Å²) in [6.45, 7) is 3.50. The molecule has 0 saturated carbocycles. The highest BCUT2D eigenvalue weighted by molar-refractivity contribution is 7.46. The van der Waals surface area contributed by atoms with Crippen LogP contribution in [-0.4, -0.2) is 63.5 Å². The minimum atomic E-state index is -4.79. The van der Waals surface area contributed by atoms with E-state index >= 15 is 0 Å². The molecule has 0 amide bonds. The molecule has 0 aromatic carbocycles. The summed E-state index contributed by atoms with van der Waals surface area (Å²) in [6.07, 6.45) is 29.5. The molecular formula is C39H75O10P. The lowest BCUT2D eigenvalue weighted by molar-refractivity contribution is -0.161. The number of aliphatic hydroxyl groups is 2. The van der Waals surface area contributed by atoms with E-state index in [0.717, 1.165) is 57.8 Å². The second-order valence-electron chi connectivity index (χ2n) is 13.9. The first kappa shape index (κ1) is 48.7. The summed E-state index contributed by atoms with van der Waals surface area (Å²) in [5, 5.41) is 20.3. The summed E-state index contributed by atoms with van der Waals surface area (Å²) < 4.78 is 26.3. The summed E-state index contributed by atoms with van der Waals surface area (Å²) in [5.74, 6) is -0.988.